The van der Waals surface area contributed by atoms with Gasteiger partial charge in [0.2, 0.25) is 0 Å². The van der Waals surface area contributed by atoms with Crippen molar-refractivity contribution in [1.29, 1.82) is 0 Å². The van der Waals surface area contributed by atoms with Crippen LogP contribution in [0, 0.1) is 6.92 Å². The van der Waals surface area contributed by atoms with Gasteiger partial charge in [-0.05, 0) is 38.5 Å². The topological polar surface area (TPSA) is 42.2 Å². The van der Waals surface area contributed by atoms with Crippen LogP contribution in [0.4, 0.5) is 0 Å². The predicted molar refractivity (Wildman–Crippen MR) is 68.4 cm³/mol. The summed E-state index contributed by atoms with van der Waals surface area (Å²) in [5, 5.41) is 10.2. The third-order valence-electron chi connectivity index (χ3n) is 3.34. The summed E-state index contributed by atoms with van der Waals surface area (Å²) in [5.41, 5.74) is 3.19. The van der Waals surface area contributed by atoms with Gasteiger partial charge in [-0.2, -0.15) is 0 Å². The van der Waals surface area contributed by atoms with E-state index in [1.54, 1.807) is 6.92 Å². The highest BCUT2D eigenvalue weighted by molar-refractivity contribution is 5.90. The fourth-order valence-corrected chi connectivity index (χ4v) is 2.37. The molecule has 0 aliphatic rings. The molecule has 1 unspecified atom stereocenters. The Bertz CT molecular complexity index is 569. The van der Waals surface area contributed by atoms with Crippen LogP contribution in [-0.4, -0.2) is 15.6 Å². The predicted octanol–water partition coefficient (Wildman–Crippen LogP) is 3.16. The first-order valence-electron chi connectivity index (χ1n) is 5.87. The fraction of sp³-hybridized carbons (Fsp3) is 0.357. The van der Waals surface area contributed by atoms with Gasteiger partial charge in [0.25, 0.3) is 0 Å². The standard InChI is InChI=1S/C14H17NO2/c1-4-15-9(2)8-12-11(10(3)14(16)17)6-5-7-13(12)15/h5-8,10H,4H2,1-3H3,(H,16,17). The van der Waals surface area contributed by atoms with Crippen LogP contribution in [0.1, 0.15) is 31.0 Å². The molecule has 3 heteroatoms. The Hall–Kier alpha value is -1.77. The van der Waals surface area contributed by atoms with Gasteiger partial charge >= 0.3 is 5.97 Å². The zero-order chi connectivity index (χ0) is 12.6. The Balaban J connectivity index is 2.70. The first-order valence-corrected chi connectivity index (χ1v) is 5.87. The number of aromatic nitrogens is 1. The Labute approximate surface area is 101 Å². The van der Waals surface area contributed by atoms with Crippen molar-refractivity contribution in [3.05, 3.63) is 35.5 Å². The van der Waals surface area contributed by atoms with E-state index in [1.165, 1.54) is 5.69 Å². The maximum absolute atomic E-state index is 11.1. The summed E-state index contributed by atoms with van der Waals surface area (Å²) in [6, 6.07) is 7.96. The Morgan fingerprint density at radius 1 is 1.47 bits per heavy atom. The Morgan fingerprint density at radius 3 is 2.76 bits per heavy atom. The smallest absolute Gasteiger partial charge is 0.310 e. The van der Waals surface area contributed by atoms with Gasteiger partial charge in [-0.15, -0.1) is 0 Å². The molecule has 0 bridgehead atoms. The highest BCUT2D eigenvalue weighted by atomic mass is 16.4. The molecule has 17 heavy (non-hydrogen) atoms. The van der Waals surface area contributed by atoms with E-state index < -0.39 is 11.9 Å². The van der Waals surface area contributed by atoms with Gasteiger partial charge in [0.05, 0.1) is 5.92 Å². The van der Waals surface area contributed by atoms with Crippen molar-refractivity contribution >= 4 is 16.9 Å². The van der Waals surface area contributed by atoms with Gasteiger partial charge in [0, 0.05) is 23.1 Å². The molecule has 1 aromatic heterocycles. The van der Waals surface area contributed by atoms with Crippen molar-refractivity contribution < 1.29 is 9.90 Å². The van der Waals surface area contributed by atoms with E-state index in [9.17, 15) is 4.79 Å². The molecule has 0 spiro atoms. The number of nitrogens with zero attached hydrogens (tertiary/aromatic N) is 1. The lowest BCUT2D eigenvalue weighted by Gasteiger charge is -2.09. The zero-order valence-electron chi connectivity index (χ0n) is 10.4. The highest BCUT2D eigenvalue weighted by Gasteiger charge is 2.18. The monoisotopic (exact) mass is 231 g/mol. The number of hydrogen-bond acceptors (Lipinski definition) is 1. The molecule has 0 radical (unpaired) electrons. The SMILES string of the molecule is CCn1c(C)cc2c(C(C)C(=O)O)cccc21. The first kappa shape index (κ1) is 11.7. The third kappa shape index (κ3) is 1.82. The number of carboxylic acid groups (broad SMARTS) is 1. The molecule has 1 heterocycles. The van der Waals surface area contributed by atoms with Crippen molar-refractivity contribution in [2.45, 2.75) is 33.2 Å². The minimum atomic E-state index is -0.778. The average molecular weight is 231 g/mol. The number of carbonyl (C=O) groups is 1. The summed E-state index contributed by atoms with van der Waals surface area (Å²) in [5.74, 6) is -1.25. The van der Waals surface area contributed by atoms with Crippen molar-refractivity contribution in [2.75, 3.05) is 0 Å². The van der Waals surface area contributed by atoms with Gasteiger partial charge in [-0.1, -0.05) is 12.1 Å². The fourth-order valence-electron chi connectivity index (χ4n) is 2.37. The van der Waals surface area contributed by atoms with Crippen LogP contribution in [0.25, 0.3) is 10.9 Å². The van der Waals surface area contributed by atoms with Crippen LogP contribution in [-0.2, 0) is 11.3 Å². The van der Waals surface area contributed by atoms with E-state index in [-0.39, 0.29) is 0 Å². The summed E-state index contributed by atoms with van der Waals surface area (Å²) in [6.45, 7) is 6.79. The second-order valence-corrected chi connectivity index (χ2v) is 4.37. The van der Waals surface area contributed by atoms with E-state index in [2.05, 4.69) is 24.5 Å². The highest BCUT2D eigenvalue weighted by Crippen LogP contribution is 2.28. The molecule has 0 amide bonds. The molecule has 1 atom stereocenters. The van der Waals surface area contributed by atoms with Gasteiger partial charge in [-0.25, -0.2) is 0 Å². The Morgan fingerprint density at radius 2 is 2.18 bits per heavy atom. The average Bonchev–Trinajstić information content (AvgIpc) is 2.62. The van der Waals surface area contributed by atoms with Crippen LogP contribution in [0.3, 0.4) is 0 Å². The first-order chi connectivity index (χ1) is 8.06. The quantitative estimate of drug-likeness (QED) is 0.881. The lowest BCUT2D eigenvalue weighted by molar-refractivity contribution is -0.138. The molecule has 0 fully saturated rings. The van der Waals surface area contributed by atoms with E-state index in [4.69, 9.17) is 5.11 Å². The van der Waals surface area contributed by atoms with Crippen LogP contribution in [0.15, 0.2) is 24.3 Å². The molecular formula is C14H17NO2. The molecule has 1 aromatic carbocycles. The van der Waals surface area contributed by atoms with Gasteiger partial charge < -0.3 is 9.67 Å². The van der Waals surface area contributed by atoms with Crippen molar-refractivity contribution in [3.63, 3.8) is 0 Å². The van der Waals surface area contributed by atoms with E-state index in [0.717, 1.165) is 23.0 Å². The van der Waals surface area contributed by atoms with Crippen molar-refractivity contribution in [1.82, 2.24) is 4.57 Å². The summed E-state index contributed by atoms with van der Waals surface area (Å²) in [4.78, 5) is 11.1. The normalized spacial score (nSPS) is 12.9. The molecule has 1 N–H and O–H groups in total. The number of aliphatic carboxylic acids is 1. The lowest BCUT2D eigenvalue weighted by Crippen LogP contribution is -2.07. The van der Waals surface area contributed by atoms with Gasteiger partial charge in [-0.3, -0.25) is 4.79 Å². The molecule has 2 rings (SSSR count). The van der Waals surface area contributed by atoms with Crippen LogP contribution in [0.5, 0.6) is 0 Å². The van der Waals surface area contributed by atoms with Gasteiger partial charge in [0.15, 0.2) is 0 Å². The zero-order valence-corrected chi connectivity index (χ0v) is 10.4. The molecule has 90 valence electrons. The lowest BCUT2D eigenvalue weighted by atomic mass is 9.98. The molecular weight excluding hydrogens is 214 g/mol. The maximum Gasteiger partial charge on any atom is 0.310 e. The summed E-state index contributed by atoms with van der Waals surface area (Å²) in [6.07, 6.45) is 0. The maximum atomic E-state index is 11.1. The number of carboxylic acids is 1. The summed E-state index contributed by atoms with van der Waals surface area (Å²) >= 11 is 0. The minimum absolute atomic E-state index is 0.467. The number of benzene rings is 1. The van der Waals surface area contributed by atoms with Gasteiger partial charge in [0.1, 0.15) is 0 Å². The van der Waals surface area contributed by atoms with Crippen LogP contribution < -0.4 is 0 Å². The third-order valence-corrected chi connectivity index (χ3v) is 3.34. The molecule has 2 aromatic rings. The number of fused-ring (bicyclic) bond motifs is 1. The molecule has 0 saturated heterocycles. The van der Waals surface area contributed by atoms with Crippen LogP contribution in [0.2, 0.25) is 0 Å². The van der Waals surface area contributed by atoms with Crippen molar-refractivity contribution in [3.8, 4) is 0 Å². The minimum Gasteiger partial charge on any atom is -0.481 e. The molecule has 3 nitrogen and oxygen atoms in total. The van der Waals surface area contributed by atoms with E-state index in [1.807, 2.05) is 18.2 Å². The molecule has 0 aliphatic carbocycles. The Kier molecular flexibility index (Phi) is 2.92. The van der Waals surface area contributed by atoms with E-state index in [0.29, 0.717) is 0 Å². The summed E-state index contributed by atoms with van der Waals surface area (Å²) < 4.78 is 2.20. The number of rotatable bonds is 3. The number of aryl methyl sites for hydroxylation is 2. The second-order valence-electron chi connectivity index (χ2n) is 4.37. The van der Waals surface area contributed by atoms with Crippen LogP contribution >= 0.6 is 0 Å². The molecule has 0 aliphatic heterocycles. The van der Waals surface area contributed by atoms with E-state index >= 15 is 0 Å². The molecule has 0 saturated carbocycles. The summed E-state index contributed by atoms with van der Waals surface area (Å²) in [7, 11) is 0. The second kappa shape index (κ2) is 4.24. The van der Waals surface area contributed by atoms with Crippen molar-refractivity contribution in [2.24, 2.45) is 0 Å². The number of hydrogen-bond donors (Lipinski definition) is 1. The largest absolute Gasteiger partial charge is 0.481 e.